The van der Waals surface area contributed by atoms with Gasteiger partial charge in [-0.2, -0.15) is 0 Å². The molecule has 0 aliphatic carbocycles. The molecule has 4 N–H and O–H groups in total. The lowest BCUT2D eigenvalue weighted by atomic mass is 10.1. The number of imidazole rings is 1. The molecule has 0 aliphatic heterocycles. The van der Waals surface area contributed by atoms with Gasteiger partial charge in [-0.15, -0.1) is 0 Å². The Hall–Kier alpha value is -2.86. The fourth-order valence-electron chi connectivity index (χ4n) is 2.59. The molecule has 24 heavy (non-hydrogen) atoms. The molecule has 3 aromatic rings. The van der Waals surface area contributed by atoms with Gasteiger partial charge in [0.25, 0.3) is 0 Å². The van der Waals surface area contributed by atoms with Crippen LogP contribution < -0.4 is 16.4 Å². The molecule has 2 amide bonds. The highest BCUT2D eigenvalue weighted by molar-refractivity contribution is 5.89. The zero-order chi connectivity index (χ0) is 17.1. The average Bonchev–Trinajstić information content (AvgIpc) is 2.88. The molecule has 3 rings (SSSR count). The molecule has 0 saturated heterocycles. The first-order valence-corrected chi connectivity index (χ1v) is 7.87. The normalized spacial score (nSPS) is 12.1. The molecule has 0 saturated carbocycles. The number of nitrogens with two attached hydrogens (primary N) is 1. The van der Waals surface area contributed by atoms with E-state index in [4.69, 9.17) is 5.73 Å². The van der Waals surface area contributed by atoms with E-state index in [0.717, 1.165) is 28.3 Å². The molecular weight excluding hydrogens is 302 g/mol. The molecule has 2 heterocycles. The van der Waals surface area contributed by atoms with E-state index in [1.165, 1.54) is 0 Å². The van der Waals surface area contributed by atoms with Crippen LogP contribution in [0.5, 0.6) is 0 Å². The molecule has 0 radical (unpaired) electrons. The summed E-state index contributed by atoms with van der Waals surface area (Å²) < 4.78 is 1.98. The third-order valence-corrected chi connectivity index (χ3v) is 3.94. The summed E-state index contributed by atoms with van der Waals surface area (Å²) in [6, 6.07) is 13.1. The SMILES string of the molecule is Cc1nc2ccccn2c1CNC(=O)Nc1ccc([C@H](C)N)cc1. The van der Waals surface area contributed by atoms with Crippen LogP contribution in [-0.4, -0.2) is 15.4 Å². The van der Waals surface area contributed by atoms with Crippen LogP contribution in [0.4, 0.5) is 10.5 Å². The van der Waals surface area contributed by atoms with Crippen LogP contribution in [0.15, 0.2) is 48.7 Å². The van der Waals surface area contributed by atoms with Crippen molar-refractivity contribution >= 4 is 17.4 Å². The Bertz CT molecular complexity index is 851. The fraction of sp³-hybridized carbons (Fsp3) is 0.222. The summed E-state index contributed by atoms with van der Waals surface area (Å²) in [5, 5.41) is 5.69. The van der Waals surface area contributed by atoms with E-state index in [0.29, 0.717) is 6.54 Å². The molecule has 0 fully saturated rings. The number of aryl methyl sites for hydroxylation is 1. The van der Waals surface area contributed by atoms with Gasteiger partial charge in [0.15, 0.2) is 0 Å². The van der Waals surface area contributed by atoms with Crippen LogP contribution in [-0.2, 0) is 6.54 Å². The topological polar surface area (TPSA) is 84.5 Å². The number of nitrogens with zero attached hydrogens (tertiary/aromatic N) is 2. The first kappa shape index (κ1) is 16.0. The van der Waals surface area contributed by atoms with E-state index in [9.17, 15) is 4.79 Å². The minimum Gasteiger partial charge on any atom is -0.332 e. The highest BCUT2D eigenvalue weighted by Gasteiger charge is 2.09. The van der Waals surface area contributed by atoms with E-state index in [1.54, 1.807) is 0 Å². The first-order valence-electron chi connectivity index (χ1n) is 7.87. The predicted molar refractivity (Wildman–Crippen MR) is 94.8 cm³/mol. The van der Waals surface area contributed by atoms with Gasteiger partial charge in [0.05, 0.1) is 17.9 Å². The molecule has 0 unspecified atom stereocenters. The summed E-state index contributed by atoms with van der Waals surface area (Å²) in [6.07, 6.45) is 1.94. The number of carbonyl (C=O) groups is 1. The Morgan fingerprint density at radius 2 is 2.00 bits per heavy atom. The predicted octanol–water partition coefficient (Wildman–Crippen LogP) is 2.98. The number of aromatic nitrogens is 2. The lowest BCUT2D eigenvalue weighted by molar-refractivity contribution is 0.251. The van der Waals surface area contributed by atoms with E-state index >= 15 is 0 Å². The van der Waals surface area contributed by atoms with Gasteiger partial charge in [0, 0.05) is 17.9 Å². The minimum absolute atomic E-state index is 0.0222. The Balaban J connectivity index is 1.63. The summed E-state index contributed by atoms with van der Waals surface area (Å²) in [6.45, 7) is 4.27. The Labute approximate surface area is 140 Å². The highest BCUT2D eigenvalue weighted by Crippen LogP contribution is 2.14. The Kier molecular flexibility index (Phi) is 4.48. The largest absolute Gasteiger partial charge is 0.332 e. The van der Waals surface area contributed by atoms with Crippen LogP contribution in [0.2, 0.25) is 0 Å². The van der Waals surface area contributed by atoms with Crippen LogP contribution in [0.1, 0.15) is 29.9 Å². The van der Waals surface area contributed by atoms with Crippen molar-refractivity contribution in [3.05, 3.63) is 65.6 Å². The second-order valence-electron chi connectivity index (χ2n) is 5.79. The Morgan fingerprint density at radius 1 is 1.25 bits per heavy atom. The Morgan fingerprint density at radius 3 is 2.71 bits per heavy atom. The van der Waals surface area contributed by atoms with Crippen molar-refractivity contribution in [2.24, 2.45) is 5.73 Å². The van der Waals surface area contributed by atoms with E-state index in [-0.39, 0.29) is 12.1 Å². The molecule has 1 aromatic carbocycles. The summed E-state index contributed by atoms with van der Waals surface area (Å²) in [5.41, 5.74) is 10.3. The fourth-order valence-corrected chi connectivity index (χ4v) is 2.59. The second kappa shape index (κ2) is 6.72. The highest BCUT2D eigenvalue weighted by atomic mass is 16.2. The number of nitrogens with one attached hydrogen (secondary N) is 2. The number of amides is 2. The third-order valence-electron chi connectivity index (χ3n) is 3.94. The van der Waals surface area contributed by atoms with E-state index < -0.39 is 0 Å². The zero-order valence-electron chi connectivity index (χ0n) is 13.8. The molecule has 1 atom stereocenters. The molecule has 0 aliphatic rings. The van der Waals surface area contributed by atoms with Crippen molar-refractivity contribution in [1.29, 1.82) is 0 Å². The molecular formula is C18H21N5O. The number of urea groups is 1. The third kappa shape index (κ3) is 3.38. The second-order valence-corrected chi connectivity index (χ2v) is 5.79. The van der Waals surface area contributed by atoms with Crippen LogP contribution in [0.3, 0.4) is 0 Å². The van der Waals surface area contributed by atoms with Crippen molar-refractivity contribution in [3.63, 3.8) is 0 Å². The van der Waals surface area contributed by atoms with Gasteiger partial charge in [-0.05, 0) is 43.7 Å². The van der Waals surface area contributed by atoms with Crippen molar-refractivity contribution < 1.29 is 4.79 Å². The van der Waals surface area contributed by atoms with Crippen LogP contribution in [0.25, 0.3) is 5.65 Å². The van der Waals surface area contributed by atoms with Crippen molar-refractivity contribution in [2.45, 2.75) is 26.4 Å². The molecule has 124 valence electrons. The van der Waals surface area contributed by atoms with Crippen LogP contribution >= 0.6 is 0 Å². The number of fused-ring (bicyclic) bond motifs is 1. The van der Waals surface area contributed by atoms with Crippen molar-refractivity contribution in [1.82, 2.24) is 14.7 Å². The minimum atomic E-state index is -0.256. The number of hydrogen-bond donors (Lipinski definition) is 3. The number of anilines is 1. The average molecular weight is 323 g/mol. The molecule has 2 aromatic heterocycles. The molecule has 6 heteroatoms. The summed E-state index contributed by atoms with van der Waals surface area (Å²) in [4.78, 5) is 16.6. The zero-order valence-corrected chi connectivity index (χ0v) is 13.8. The number of hydrogen-bond acceptors (Lipinski definition) is 3. The van der Waals surface area contributed by atoms with Crippen LogP contribution in [0, 0.1) is 6.92 Å². The van der Waals surface area contributed by atoms with Crippen molar-refractivity contribution in [2.75, 3.05) is 5.32 Å². The lowest BCUT2D eigenvalue weighted by Gasteiger charge is -2.10. The molecule has 0 bridgehead atoms. The summed E-state index contributed by atoms with van der Waals surface area (Å²) >= 11 is 0. The van der Waals surface area contributed by atoms with Gasteiger partial charge in [-0.3, -0.25) is 0 Å². The van der Waals surface area contributed by atoms with Gasteiger partial charge in [0.2, 0.25) is 0 Å². The quantitative estimate of drug-likeness (QED) is 0.690. The number of carbonyl (C=O) groups excluding carboxylic acids is 1. The van der Waals surface area contributed by atoms with Gasteiger partial charge < -0.3 is 20.8 Å². The van der Waals surface area contributed by atoms with Gasteiger partial charge >= 0.3 is 6.03 Å². The molecule has 0 spiro atoms. The smallest absolute Gasteiger partial charge is 0.319 e. The lowest BCUT2D eigenvalue weighted by Crippen LogP contribution is -2.28. The maximum atomic E-state index is 12.1. The number of pyridine rings is 1. The van der Waals surface area contributed by atoms with Gasteiger partial charge in [-0.25, -0.2) is 9.78 Å². The maximum Gasteiger partial charge on any atom is 0.319 e. The van der Waals surface area contributed by atoms with E-state index in [2.05, 4.69) is 15.6 Å². The van der Waals surface area contributed by atoms with Gasteiger partial charge in [-0.1, -0.05) is 18.2 Å². The van der Waals surface area contributed by atoms with Gasteiger partial charge in [0.1, 0.15) is 5.65 Å². The summed E-state index contributed by atoms with van der Waals surface area (Å²) in [7, 11) is 0. The molecule has 6 nitrogen and oxygen atoms in total. The standard InChI is InChI=1S/C18H21N5O/c1-12(19)14-6-8-15(9-7-14)22-18(24)20-11-16-13(2)21-17-5-3-4-10-23(16)17/h3-10,12H,11,19H2,1-2H3,(H2,20,22,24)/t12-/m0/s1. The number of benzene rings is 1. The first-order chi connectivity index (χ1) is 11.5. The van der Waals surface area contributed by atoms with Crippen molar-refractivity contribution in [3.8, 4) is 0 Å². The summed E-state index contributed by atoms with van der Waals surface area (Å²) in [5.74, 6) is 0. The monoisotopic (exact) mass is 323 g/mol. The maximum absolute atomic E-state index is 12.1. The number of rotatable bonds is 4. The van der Waals surface area contributed by atoms with E-state index in [1.807, 2.05) is 66.9 Å².